The number of piperidine rings is 1. The Bertz CT molecular complexity index is 539. The lowest BCUT2D eigenvalue weighted by atomic mass is 9.98. The van der Waals surface area contributed by atoms with Gasteiger partial charge in [-0.3, -0.25) is 4.79 Å². The maximum atomic E-state index is 13.2. The van der Waals surface area contributed by atoms with Gasteiger partial charge in [0.15, 0.2) is 0 Å². The number of amides is 1. The van der Waals surface area contributed by atoms with Gasteiger partial charge in [0.05, 0.1) is 5.56 Å². The largest absolute Gasteiger partial charge is 0.396 e. The molecule has 5 nitrogen and oxygen atoms in total. The summed E-state index contributed by atoms with van der Waals surface area (Å²) in [5.41, 5.74) is 0.726. The van der Waals surface area contributed by atoms with E-state index in [0.717, 1.165) is 50.3 Å². The summed E-state index contributed by atoms with van der Waals surface area (Å²) >= 11 is 0. The first kappa shape index (κ1) is 17.2. The average Bonchev–Trinajstić information content (AvgIpc) is 2.91. The minimum Gasteiger partial charge on any atom is -0.396 e. The first-order chi connectivity index (χ1) is 11.8. The molecule has 0 aromatic carbocycles. The van der Waals surface area contributed by atoms with Crippen LogP contribution in [-0.2, 0) is 0 Å². The van der Waals surface area contributed by atoms with Crippen LogP contribution in [0.4, 0.5) is 5.82 Å². The lowest BCUT2D eigenvalue weighted by molar-refractivity contribution is 0.0575. The molecule has 5 heteroatoms. The summed E-state index contributed by atoms with van der Waals surface area (Å²) < 4.78 is 0. The van der Waals surface area contributed by atoms with Gasteiger partial charge in [-0.15, -0.1) is 0 Å². The predicted octanol–water partition coefficient (Wildman–Crippen LogP) is 2.84. The molecule has 132 valence electrons. The van der Waals surface area contributed by atoms with E-state index >= 15 is 0 Å². The van der Waals surface area contributed by atoms with Crippen LogP contribution < -0.4 is 4.90 Å². The third-order valence-corrected chi connectivity index (χ3v) is 5.27. The van der Waals surface area contributed by atoms with Gasteiger partial charge < -0.3 is 14.9 Å². The molecule has 2 fully saturated rings. The molecular formula is C19H29N3O2. The summed E-state index contributed by atoms with van der Waals surface area (Å²) in [7, 11) is 0. The first-order valence-corrected chi connectivity index (χ1v) is 9.43. The van der Waals surface area contributed by atoms with Crippen LogP contribution in [0.15, 0.2) is 18.3 Å². The maximum Gasteiger partial charge on any atom is 0.257 e. The number of hydrogen-bond acceptors (Lipinski definition) is 4. The fraction of sp³-hybridized carbons (Fsp3) is 0.684. The molecule has 1 N–H and O–H groups in total. The molecule has 2 aliphatic rings. The molecule has 2 aliphatic heterocycles. The minimum atomic E-state index is 0.0838. The number of aromatic nitrogens is 1. The maximum absolute atomic E-state index is 13.2. The van der Waals surface area contributed by atoms with E-state index in [0.29, 0.717) is 6.42 Å². The van der Waals surface area contributed by atoms with Gasteiger partial charge in [0.1, 0.15) is 5.82 Å². The summed E-state index contributed by atoms with van der Waals surface area (Å²) in [5, 5.41) is 9.32. The number of carbonyl (C=O) groups is 1. The van der Waals surface area contributed by atoms with Gasteiger partial charge in [-0.2, -0.15) is 0 Å². The Balaban J connectivity index is 1.83. The van der Waals surface area contributed by atoms with E-state index in [-0.39, 0.29) is 18.6 Å². The SMILES string of the molecule is O=C(c1cccnc1N1CCCCCC1)N1CCCCC1CCO. The summed E-state index contributed by atoms with van der Waals surface area (Å²) in [4.78, 5) is 22.0. The molecule has 1 aromatic heterocycles. The molecule has 2 saturated heterocycles. The number of aliphatic hydroxyl groups excluding tert-OH is 1. The smallest absolute Gasteiger partial charge is 0.257 e. The molecule has 0 aliphatic carbocycles. The van der Waals surface area contributed by atoms with Crippen molar-refractivity contribution in [1.82, 2.24) is 9.88 Å². The van der Waals surface area contributed by atoms with Crippen molar-refractivity contribution in [3.63, 3.8) is 0 Å². The Morgan fingerprint density at radius 3 is 2.62 bits per heavy atom. The van der Waals surface area contributed by atoms with E-state index in [1.54, 1.807) is 6.20 Å². The van der Waals surface area contributed by atoms with E-state index < -0.39 is 0 Å². The first-order valence-electron chi connectivity index (χ1n) is 9.43. The molecule has 0 bridgehead atoms. The molecule has 3 heterocycles. The predicted molar refractivity (Wildman–Crippen MR) is 95.3 cm³/mol. The number of carbonyl (C=O) groups excluding carboxylic acids is 1. The van der Waals surface area contributed by atoms with Crippen molar-refractivity contribution in [3.8, 4) is 0 Å². The van der Waals surface area contributed by atoms with Crippen LogP contribution >= 0.6 is 0 Å². The van der Waals surface area contributed by atoms with Crippen molar-refractivity contribution in [2.75, 3.05) is 31.1 Å². The monoisotopic (exact) mass is 331 g/mol. The highest BCUT2D eigenvalue weighted by atomic mass is 16.3. The molecule has 3 rings (SSSR count). The third-order valence-electron chi connectivity index (χ3n) is 5.27. The second kappa shape index (κ2) is 8.47. The van der Waals surface area contributed by atoms with E-state index in [1.807, 2.05) is 17.0 Å². The van der Waals surface area contributed by atoms with Gasteiger partial charge in [-0.1, -0.05) is 12.8 Å². The molecule has 1 amide bonds. The zero-order valence-corrected chi connectivity index (χ0v) is 14.5. The van der Waals surface area contributed by atoms with Crippen LogP contribution in [0.1, 0.15) is 61.7 Å². The molecule has 0 spiro atoms. The Labute approximate surface area is 144 Å². The Hall–Kier alpha value is -1.62. The highest BCUT2D eigenvalue weighted by Gasteiger charge is 2.29. The zero-order valence-electron chi connectivity index (χ0n) is 14.5. The molecule has 1 atom stereocenters. The summed E-state index contributed by atoms with van der Waals surface area (Å²) in [5.74, 6) is 0.929. The van der Waals surface area contributed by atoms with Gasteiger partial charge >= 0.3 is 0 Å². The van der Waals surface area contributed by atoms with Gasteiger partial charge in [0.25, 0.3) is 5.91 Å². The van der Waals surface area contributed by atoms with Gasteiger partial charge in [-0.25, -0.2) is 4.98 Å². The second-order valence-corrected chi connectivity index (χ2v) is 6.94. The number of hydrogen-bond donors (Lipinski definition) is 1. The molecule has 24 heavy (non-hydrogen) atoms. The lowest BCUT2D eigenvalue weighted by Gasteiger charge is -2.36. The summed E-state index contributed by atoms with van der Waals surface area (Å²) in [6, 6.07) is 3.94. The number of aliphatic hydroxyl groups is 1. The zero-order chi connectivity index (χ0) is 16.8. The quantitative estimate of drug-likeness (QED) is 0.922. The van der Waals surface area contributed by atoms with Crippen molar-refractivity contribution in [1.29, 1.82) is 0 Å². The third kappa shape index (κ3) is 3.89. The molecular weight excluding hydrogens is 302 g/mol. The Kier molecular flexibility index (Phi) is 6.07. The molecule has 1 aromatic rings. The normalized spacial score (nSPS) is 22.3. The lowest BCUT2D eigenvalue weighted by Crippen LogP contribution is -2.44. The van der Waals surface area contributed by atoms with E-state index in [1.165, 1.54) is 25.7 Å². The second-order valence-electron chi connectivity index (χ2n) is 6.94. The van der Waals surface area contributed by atoms with Crippen LogP contribution in [0.5, 0.6) is 0 Å². The summed E-state index contributed by atoms with van der Waals surface area (Å²) in [6.07, 6.45) is 10.5. The van der Waals surface area contributed by atoms with Gasteiger partial charge in [0, 0.05) is 38.5 Å². The van der Waals surface area contributed by atoms with Crippen molar-refractivity contribution < 1.29 is 9.90 Å². The Morgan fingerprint density at radius 1 is 1.12 bits per heavy atom. The van der Waals surface area contributed by atoms with Crippen molar-refractivity contribution >= 4 is 11.7 Å². The van der Waals surface area contributed by atoms with Crippen LogP contribution in [-0.4, -0.2) is 53.2 Å². The molecule has 0 saturated carbocycles. The molecule has 1 unspecified atom stereocenters. The van der Waals surface area contributed by atoms with E-state index in [9.17, 15) is 9.90 Å². The fourth-order valence-corrected chi connectivity index (χ4v) is 3.97. The highest BCUT2D eigenvalue weighted by molar-refractivity contribution is 5.99. The van der Waals surface area contributed by atoms with Gasteiger partial charge in [-0.05, 0) is 50.7 Å². The van der Waals surface area contributed by atoms with Crippen LogP contribution in [0.3, 0.4) is 0 Å². The topological polar surface area (TPSA) is 56.7 Å². The van der Waals surface area contributed by atoms with Crippen LogP contribution in [0.2, 0.25) is 0 Å². The molecule has 0 radical (unpaired) electrons. The number of likely N-dealkylation sites (tertiary alicyclic amines) is 1. The average molecular weight is 331 g/mol. The van der Waals surface area contributed by atoms with Crippen molar-refractivity contribution in [2.45, 2.75) is 57.4 Å². The number of nitrogens with zero attached hydrogens (tertiary/aromatic N) is 3. The van der Waals surface area contributed by atoms with Crippen molar-refractivity contribution in [3.05, 3.63) is 23.9 Å². The number of pyridine rings is 1. The Morgan fingerprint density at radius 2 is 1.88 bits per heavy atom. The fourth-order valence-electron chi connectivity index (χ4n) is 3.97. The van der Waals surface area contributed by atoms with Crippen molar-refractivity contribution in [2.24, 2.45) is 0 Å². The van der Waals surface area contributed by atoms with Gasteiger partial charge in [0.2, 0.25) is 0 Å². The van der Waals surface area contributed by atoms with Crippen LogP contribution in [0, 0.1) is 0 Å². The highest BCUT2D eigenvalue weighted by Crippen LogP contribution is 2.26. The standard InChI is InChI=1S/C19H29N3O2/c23-15-10-16-8-3-6-14-22(16)19(24)17-9-7-11-20-18(17)21-12-4-1-2-5-13-21/h7,9,11,16,23H,1-6,8,10,12-15H2. The number of anilines is 1. The summed E-state index contributed by atoms with van der Waals surface area (Å²) in [6.45, 7) is 2.90. The number of rotatable bonds is 4. The minimum absolute atomic E-state index is 0.0838. The van der Waals surface area contributed by atoms with Crippen LogP contribution in [0.25, 0.3) is 0 Å². The van der Waals surface area contributed by atoms with E-state index in [2.05, 4.69) is 9.88 Å². The van der Waals surface area contributed by atoms with E-state index in [4.69, 9.17) is 0 Å².